The molecule has 0 radical (unpaired) electrons. The molecule has 8 nitrogen and oxygen atoms in total. The highest BCUT2D eigenvalue weighted by molar-refractivity contribution is 5.95. The molecule has 0 aliphatic carbocycles. The summed E-state index contributed by atoms with van der Waals surface area (Å²) >= 11 is 0. The Balaban J connectivity index is 1.81. The Morgan fingerprint density at radius 3 is 2.12 bits per heavy atom. The largest absolute Gasteiger partial charge is 0.497 e. The summed E-state index contributed by atoms with van der Waals surface area (Å²) < 4.78 is 48.1. The lowest BCUT2D eigenvalue weighted by Crippen LogP contribution is -2.42. The predicted octanol–water partition coefficient (Wildman–Crippen LogP) is 3.54. The maximum atomic E-state index is 12.6. The molecule has 33 heavy (non-hydrogen) atoms. The lowest BCUT2D eigenvalue weighted by Gasteiger charge is -2.14. The van der Waals surface area contributed by atoms with Crippen molar-refractivity contribution in [3.8, 4) is 11.5 Å². The number of benzene rings is 2. The molecule has 3 N–H and O–H groups in total. The number of hydrogen-bond donors (Lipinski definition) is 3. The van der Waals surface area contributed by atoms with E-state index in [0.29, 0.717) is 17.2 Å². The van der Waals surface area contributed by atoms with Gasteiger partial charge in [0.1, 0.15) is 11.5 Å². The molecule has 0 aliphatic rings. The van der Waals surface area contributed by atoms with Crippen LogP contribution in [0.15, 0.2) is 42.5 Å². The van der Waals surface area contributed by atoms with E-state index in [1.807, 2.05) is 0 Å². The van der Waals surface area contributed by atoms with Gasteiger partial charge in [0.15, 0.2) is 0 Å². The number of hydrazine groups is 1. The Bertz CT molecular complexity index is 994. The van der Waals surface area contributed by atoms with Crippen LogP contribution < -0.4 is 25.6 Å². The van der Waals surface area contributed by atoms with Gasteiger partial charge >= 0.3 is 6.18 Å². The van der Waals surface area contributed by atoms with Gasteiger partial charge in [0.25, 0.3) is 5.91 Å². The van der Waals surface area contributed by atoms with E-state index >= 15 is 0 Å². The minimum atomic E-state index is -4.51. The second kappa shape index (κ2) is 11.2. The highest BCUT2D eigenvalue weighted by Gasteiger charge is 2.30. The third-order valence-corrected chi connectivity index (χ3v) is 4.54. The lowest BCUT2D eigenvalue weighted by molar-refractivity contribution is -0.137. The van der Waals surface area contributed by atoms with E-state index in [-0.39, 0.29) is 30.2 Å². The third-order valence-electron chi connectivity index (χ3n) is 4.54. The molecule has 0 bridgehead atoms. The second-order valence-corrected chi connectivity index (χ2v) is 7.21. The average molecular weight is 467 g/mol. The molecule has 0 aromatic heterocycles. The molecule has 3 amide bonds. The molecule has 0 spiro atoms. The second-order valence-electron chi connectivity index (χ2n) is 7.21. The predicted molar refractivity (Wildman–Crippen MR) is 114 cm³/mol. The number of carbonyl (C=O) groups is 3. The Morgan fingerprint density at radius 1 is 0.909 bits per heavy atom. The van der Waals surface area contributed by atoms with E-state index in [1.54, 1.807) is 25.1 Å². The first-order valence-corrected chi connectivity index (χ1v) is 9.81. The summed E-state index contributed by atoms with van der Waals surface area (Å²) in [7, 11) is 2.96. The maximum absolute atomic E-state index is 12.6. The van der Waals surface area contributed by atoms with Crippen LogP contribution in [0.2, 0.25) is 0 Å². The van der Waals surface area contributed by atoms with Gasteiger partial charge in [-0.1, -0.05) is 6.92 Å². The summed E-state index contributed by atoms with van der Waals surface area (Å²) in [6.45, 7) is 1.68. The standard InChI is InChI=1S/C22H24F3N3O5/c1-13(10-19(29)26-17-9-8-16(32-2)12-18(17)33-3)11-20(30)27-28-21(31)14-4-6-15(7-5-14)22(23,24)25/h4-9,12-13H,10-11H2,1-3H3,(H,26,29)(H,27,30)(H,28,31). The van der Waals surface area contributed by atoms with Crippen molar-refractivity contribution >= 4 is 23.4 Å². The minimum absolute atomic E-state index is 0.0233. The fourth-order valence-corrected chi connectivity index (χ4v) is 2.87. The first-order chi connectivity index (χ1) is 15.5. The Morgan fingerprint density at radius 2 is 1.55 bits per heavy atom. The number of alkyl halides is 3. The third kappa shape index (κ3) is 7.70. The molecule has 2 rings (SSSR count). The van der Waals surface area contributed by atoms with Gasteiger partial charge in [0.2, 0.25) is 11.8 Å². The Kier molecular flexibility index (Phi) is 8.66. The molecule has 0 saturated heterocycles. The van der Waals surface area contributed by atoms with Crippen LogP contribution in [0.4, 0.5) is 18.9 Å². The van der Waals surface area contributed by atoms with Crippen molar-refractivity contribution in [2.75, 3.05) is 19.5 Å². The van der Waals surface area contributed by atoms with Crippen LogP contribution in [-0.2, 0) is 15.8 Å². The van der Waals surface area contributed by atoms with E-state index in [9.17, 15) is 27.6 Å². The molecule has 0 aliphatic heterocycles. The molecule has 2 aromatic carbocycles. The number of carbonyl (C=O) groups excluding carboxylic acids is 3. The fourth-order valence-electron chi connectivity index (χ4n) is 2.87. The zero-order valence-electron chi connectivity index (χ0n) is 18.2. The molecule has 178 valence electrons. The van der Waals surface area contributed by atoms with Gasteiger partial charge < -0.3 is 14.8 Å². The van der Waals surface area contributed by atoms with Crippen LogP contribution in [0, 0.1) is 5.92 Å². The van der Waals surface area contributed by atoms with Crippen molar-refractivity contribution < 1.29 is 37.0 Å². The van der Waals surface area contributed by atoms with Gasteiger partial charge in [-0.25, -0.2) is 0 Å². The molecular weight excluding hydrogens is 443 g/mol. The summed E-state index contributed by atoms with van der Waals surface area (Å²) in [4.78, 5) is 36.3. The summed E-state index contributed by atoms with van der Waals surface area (Å²) in [5.41, 5.74) is 3.83. The van der Waals surface area contributed by atoms with Crippen LogP contribution in [0.5, 0.6) is 11.5 Å². The number of hydrogen-bond acceptors (Lipinski definition) is 5. The highest BCUT2D eigenvalue weighted by atomic mass is 19.4. The molecule has 0 saturated carbocycles. The number of ether oxygens (including phenoxy) is 2. The van der Waals surface area contributed by atoms with Gasteiger partial charge in [-0.05, 0) is 42.3 Å². The van der Waals surface area contributed by atoms with Crippen molar-refractivity contribution in [3.63, 3.8) is 0 Å². The minimum Gasteiger partial charge on any atom is -0.497 e. The smallest absolute Gasteiger partial charge is 0.416 e. The molecule has 1 atom stereocenters. The first kappa shape index (κ1) is 25.5. The zero-order valence-corrected chi connectivity index (χ0v) is 18.2. The number of nitrogens with one attached hydrogen (secondary N) is 3. The van der Waals surface area contributed by atoms with E-state index in [4.69, 9.17) is 9.47 Å². The van der Waals surface area contributed by atoms with E-state index in [1.165, 1.54) is 14.2 Å². The average Bonchev–Trinajstić information content (AvgIpc) is 2.77. The normalized spacial score (nSPS) is 11.8. The van der Waals surface area contributed by atoms with Crippen molar-refractivity contribution in [3.05, 3.63) is 53.6 Å². The van der Waals surface area contributed by atoms with Gasteiger partial charge in [-0.3, -0.25) is 25.2 Å². The Labute approximate surface area is 188 Å². The molecular formula is C22H24F3N3O5. The fraction of sp³-hybridized carbons (Fsp3) is 0.318. The SMILES string of the molecule is COc1ccc(NC(=O)CC(C)CC(=O)NNC(=O)c2ccc(C(F)(F)F)cc2)c(OC)c1. The first-order valence-electron chi connectivity index (χ1n) is 9.81. The summed E-state index contributed by atoms with van der Waals surface area (Å²) in [6.07, 6.45) is -4.56. The topological polar surface area (TPSA) is 106 Å². The molecule has 0 fully saturated rings. The van der Waals surface area contributed by atoms with Crippen LogP contribution in [0.1, 0.15) is 35.7 Å². The van der Waals surface area contributed by atoms with Crippen LogP contribution in [0.3, 0.4) is 0 Å². The number of amides is 3. The monoisotopic (exact) mass is 467 g/mol. The molecule has 2 aromatic rings. The van der Waals surface area contributed by atoms with Gasteiger partial charge in [-0.2, -0.15) is 13.2 Å². The number of anilines is 1. The molecule has 0 heterocycles. The molecule has 1 unspecified atom stereocenters. The van der Waals surface area contributed by atoms with Crippen molar-refractivity contribution in [2.45, 2.75) is 25.9 Å². The van der Waals surface area contributed by atoms with Crippen molar-refractivity contribution in [1.82, 2.24) is 10.9 Å². The van der Waals surface area contributed by atoms with E-state index < -0.39 is 23.6 Å². The van der Waals surface area contributed by atoms with Gasteiger partial charge in [0, 0.05) is 24.5 Å². The highest BCUT2D eigenvalue weighted by Crippen LogP contribution is 2.30. The quantitative estimate of drug-likeness (QED) is 0.515. The van der Waals surface area contributed by atoms with Crippen LogP contribution >= 0.6 is 0 Å². The zero-order chi connectivity index (χ0) is 24.6. The molecule has 11 heteroatoms. The van der Waals surface area contributed by atoms with Crippen molar-refractivity contribution in [1.29, 1.82) is 0 Å². The summed E-state index contributed by atoms with van der Waals surface area (Å²) in [6, 6.07) is 8.46. The van der Waals surface area contributed by atoms with Gasteiger partial charge in [0.05, 0.1) is 25.5 Å². The maximum Gasteiger partial charge on any atom is 0.416 e. The van der Waals surface area contributed by atoms with Gasteiger partial charge in [-0.15, -0.1) is 0 Å². The van der Waals surface area contributed by atoms with Crippen LogP contribution in [-0.4, -0.2) is 31.9 Å². The van der Waals surface area contributed by atoms with E-state index in [0.717, 1.165) is 24.3 Å². The number of methoxy groups -OCH3 is 2. The van der Waals surface area contributed by atoms with E-state index in [2.05, 4.69) is 16.2 Å². The Hall–Kier alpha value is -3.76. The number of rotatable bonds is 8. The number of halogens is 3. The lowest BCUT2D eigenvalue weighted by atomic mass is 10.0. The summed E-state index contributed by atoms with van der Waals surface area (Å²) in [5, 5.41) is 2.70. The van der Waals surface area contributed by atoms with Crippen LogP contribution in [0.25, 0.3) is 0 Å². The van der Waals surface area contributed by atoms with Crippen molar-refractivity contribution in [2.24, 2.45) is 5.92 Å². The summed E-state index contributed by atoms with van der Waals surface area (Å²) in [5.74, 6) is -1.05.